The Morgan fingerprint density at radius 2 is 1.68 bits per heavy atom. The van der Waals surface area contributed by atoms with Gasteiger partial charge < -0.3 is 11.2 Å². The summed E-state index contributed by atoms with van der Waals surface area (Å²) in [7, 11) is 0. The summed E-state index contributed by atoms with van der Waals surface area (Å²) in [4.78, 5) is 13.1. The molecule has 0 saturated carbocycles. The highest BCUT2D eigenvalue weighted by Crippen LogP contribution is 2.31. The molecule has 1 aliphatic rings. The third-order valence-electron chi connectivity index (χ3n) is 5.23. The van der Waals surface area contributed by atoms with Crippen molar-refractivity contribution in [3.05, 3.63) is 81.6 Å². The zero-order chi connectivity index (χ0) is 17.2. The molecule has 0 radical (unpaired) electrons. The Balaban J connectivity index is 1.96. The van der Waals surface area contributed by atoms with Crippen molar-refractivity contribution in [2.45, 2.75) is 25.2 Å². The van der Waals surface area contributed by atoms with Crippen LogP contribution in [0.2, 0.25) is 0 Å². The molecular formula is C21H23N3O. The molecule has 2 heterocycles. The molecule has 25 heavy (non-hydrogen) atoms. The van der Waals surface area contributed by atoms with E-state index in [0.29, 0.717) is 0 Å². The summed E-state index contributed by atoms with van der Waals surface area (Å²) in [6.07, 6.45) is 2.72. The summed E-state index contributed by atoms with van der Waals surface area (Å²) in [5, 5.41) is 4.47. The van der Waals surface area contributed by atoms with Crippen molar-refractivity contribution in [1.82, 2.24) is 9.99 Å². The SMILES string of the molecule is Nn1c(=O)c(C2CCNCC2)c(Cc2ccccc2)c2ccccc21. The highest BCUT2D eigenvalue weighted by atomic mass is 16.1. The van der Waals surface area contributed by atoms with Crippen LogP contribution in [-0.4, -0.2) is 17.8 Å². The predicted molar refractivity (Wildman–Crippen MR) is 102 cm³/mol. The summed E-state index contributed by atoms with van der Waals surface area (Å²) in [6.45, 7) is 1.90. The van der Waals surface area contributed by atoms with E-state index in [1.807, 2.05) is 36.4 Å². The summed E-state index contributed by atoms with van der Waals surface area (Å²) in [6, 6.07) is 18.3. The van der Waals surface area contributed by atoms with Gasteiger partial charge in [0.2, 0.25) is 0 Å². The molecule has 3 N–H and O–H groups in total. The molecule has 4 rings (SSSR count). The fourth-order valence-corrected chi connectivity index (χ4v) is 3.97. The number of nitrogens with two attached hydrogens (primary N) is 1. The molecule has 0 aliphatic carbocycles. The van der Waals surface area contributed by atoms with Crippen LogP contribution in [0.4, 0.5) is 0 Å². The molecule has 0 amide bonds. The number of fused-ring (bicyclic) bond motifs is 1. The van der Waals surface area contributed by atoms with Gasteiger partial charge in [0, 0.05) is 10.9 Å². The lowest BCUT2D eigenvalue weighted by Gasteiger charge is -2.26. The number of rotatable bonds is 3. The first-order valence-electron chi connectivity index (χ1n) is 8.92. The number of benzene rings is 2. The van der Waals surface area contributed by atoms with Crippen molar-refractivity contribution >= 4 is 10.9 Å². The van der Waals surface area contributed by atoms with Crippen LogP contribution >= 0.6 is 0 Å². The van der Waals surface area contributed by atoms with Crippen LogP contribution in [0.3, 0.4) is 0 Å². The molecule has 0 unspecified atom stereocenters. The van der Waals surface area contributed by atoms with Crippen LogP contribution < -0.4 is 16.7 Å². The van der Waals surface area contributed by atoms with Gasteiger partial charge in [-0.05, 0) is 55.5 Å². The second-order valence-corrected chi connectivity index (χ2v) is 6.77. The van der Waals surface area contributed by atoms with Crippen LogP contribution in [0.25, 0.3) is 10.9 Å². The lowest BCUT2D eigenvalue weighted by atomic mass is 9.84. The Labute approximate surface area is 147 Å². The molecule has 4 nitrogen and oxygen atoms in total. The van der Waals surface area contributed by atoms with Crippen molar-refractivity contribution in [1.29, 1.82) is 0 Å². The van der Waals surface area contributed by atoms with Crippen molar-refractivity contribution in [2.75, 3.05) is 18.9 Å². The number of para-hydroxylation sites is 1. The number of hydrogen-bond acceptors (Lipinski definition) is 3. The molecule has 0 spiro atoms. The summed E-state index contributed by atoms with van der Waals surface area (Å²) in [5.74, 6) is 6.45. The van der Waals surface area contributed by atoms with Crippen molar-refractivity contribution in [3.63, 3.8) is 0 Å². The van der Waals surface area contributed by atoms with E-state index in [9.17, 15) is 4.79 Å². The van der Waals surface area contributed by atoms with Gasteiger partial charge in [-0.1, -0.05) is 48.5 Å². The topological polar surface area (TPSA) is 60.0 Å². The van der Waals surface area contributed by atoms with Crippen LogP contribution in [0.15, 0.2) is 59.4 Å². The van der Waals surface area contributed by atoms with E-state index in [1.165, 1.54) is 10.2 Å². The van der Waals surface area contributed by atoms with E-state index in [-0.39, 0.29) is 11.5 Å². The second kappa shape index (κ2) is 6.73. The van der Waals surface area contributed by atoms with Gasteiger partial charge >= 0.3 is 0 Å². The van der Waals surface area contributed by atoms with E-state index < -0.39 is 0 Å². The highest BCUT2D eigenvalue weighted by Gasteiger charge is 2.24. The number of nitrogens with zero attached hydrogens (tertiary/aromatic N) is 1. The Hall–Kier alpha value is -2.59. The molecule has 128 valence electrons. The molecule has 3 aromatic rings. The number of nitrogen functional groups attached to an aromatic ring is 1. The van der Waals surface area contributed by atoms with Crippen LogP contribution in [-0.2, 0) is 6.42 Å². The number of aromatic nitrogens is 1. The minimum atomic E-state index is -0.0449. The average Bonchev–Trinajstić information content (AvgIpc) is 2.68. The van der Waals surface area contributed by atoms with Gasteiger partial charge in [0.25, 0.3) is 5.56 Å². The third kappa shape index (κ3) is 2.94. The quantitative estimate of drug-likeness (QED) is 0.725. The van der Waals surface area contributed by atoms with Gasteiger partial charge in [-0.3, -0.25) is 4.79 Å². The maximum Gasteiger partial charge on any atom is 0.272 e. The fraction of sp³-hybridized carbons (Fsp3) is 0.286. The summed E-state index contributed by atoms with van der Waals surface area (Å²) >= 11 is 0. The smallest absolute Gasteiger partial charge is 0.272 e. The minimum Gasteiger partial charge on any atom is -0.336 e. The van der Waals surface area contributed by atoms with Gasteiger partial charge in [0.15, 0.2) is 0 Å². The number of nitrogens with one attached hydrogen (secondary N) is 1. The van der Waals surface area contributed by atoms with Gasteiger partial charge in [-0.15, -0.1) is 0 Å². The fourth-order valence-electron chi connectivity index (χ4n) is 3.97. The molecule has 1 aromatic heterocycles. The van der Waals surface area contributed by atoms with Gasteiger partial charge in [0.05, 0.1) is 5.52 Å². The predicted octanol–water partition coefficient (Wildman–Crippen LogP) is 2.77. The van der Waals surface area contributed by atoms with Gasteiger partial charge in [-0.25, -0.2) is 4.68 Å². The molecule has 0 bridgehead atoms. The first kappa shape index (κ1) is 15.9. The number of hydrogen-bond donors (Lipinski definition) is 2. The maximum atomic E-state index is 13.1. The molecular weight excluding hydrogens is 310 g/mol. The molecule has 1 fully saturated rings. The molecule has 4 heteroatoms. The van der Waals surface area contributed by atoms with E-state index in [1.54, 1.807) is 0 Å². The Morgan fingerprint density at radius 1 is 1.00 bits per heavy atom. The lowest BCUT2D eigenvalue weighted by molar-refractivity contribution is 0.455. The van der Waals surface area contributed by atoms with Gasteiger partial charge in [0.1, 0.15) is 0 Å². The van der Waals surface area contributed by atoms with Crippen LogP contribution in [0.1, 0.15) is 35.4 Å². The van der Waals surface area contributed by atoms with Crippen molar-refractivity contribution < 1.29 is 0 Å². The zero-order valence-electron chi connectivity index (χ0n) is 14.2. The van der Waals surface area contributed by atoms with Crippen LogP contribution in [0.5, 0.6) is 0 Å². The first-order valence-corrected chi connectivity index (χ1v) is 8.92. The van der Waals surface area contributed by atoms with Gasteiger partial charge in [-0.2, -0.15) is 0 Å². The monoisotopic (exact) mass is 333 g/mol. The number of pyridine rings is 1. The number of piperidine rings is 1. The normalized spacial score (nSPS) is 15.5. The van der Waals surface area contributed by atoms with Crippen molar-refractivity contribution in [3.8, 4) is 0 Å². The minimum absolute atomic E-state index is 0.0449. The van der Waals surface area contributed by atoms with E-state index >= 15 is 0 Å². The average molecular weight is 333 g/mol. The summed E-state index contributed by atoms with van der Waals surface area (Å²) in [5.41, 5.74) is 4.02. The standard InChI is InChI=1S/C21H23N3O/c22-24-19-9-5-4-8-17(19)18(14-15-6-2-1-3-7-15)20(21(24)25)16-10-12-23-13-11-16/h1-9,16,23H,10-14,22H2. The Kier molecular flexibility index (Phi) is 4.28. The summed E-state index contributed by atoms with van der Waals surface area (Å²) < 4.78 is 1.33. The maximum absolute atomic E-state index is 13.1. The molecule has 1 aliphatic heterocycles. The van der Waals surface area contributed by atoms with Crippen molar-refractivity contribution in [2.24, 2.45) is 0 Å². The van der Waals surface area contributed by atoms with E-state index in [4.69, 9.17) is 5.84 Å². The molecule has 1 saturated heterocycles. The van der Waals surface area contributed by atoms with E-state index in [0.717, 1.165) is 54.4 Å². The molecule has 2 aromatic carbocycles. The Morgan fingerprint density at radius 3 is 2.44 bits per heavy atom. The lowest BCUT2D eigenvalue weighted by Crippen LogP contribution is -2.36. The second-order valence-electron chi connectivity index (χ2n) is 6.77. The highest BCUT2D eigenvalue weighted by molar-refractivity contribution is 5.84. The van der Waals surface area contributed by atoms with Crippen LogP contribution in [0, 0.1) is 0 Å². The third-order valence-corrected chi connectivity index (χ3v) is 5.23. The Bertz CT molecular complexity index is 941. The van der Waals surface area contributed by atoms with E-state index in [2.05, 4.69) is 23.5 Å². The first-order chi connectivity index (χ1) is 12.3. The molecule has 0 atom stereocenters. The zero-order valence-corrected chi connectivity index (χ0v) is 14.2. The largest absolute Gasteiger partial charge is 0.336 e.